The molecular weight excluding hydrogens is 308 g/mol. The lowest BCUT2D eigenvalue weighted by molar-refractivity contribution is 0.102. The van der Waals surface area contributed by atoms with Gasteiger partial charge < -0.3 is 11.1 Å². The van der Waals surface area contributed by atoms with Gasteiger partial charge in [-0.15, -0.1) is 11.8 Å². The first kappa shape index (κ1) is 16.8. The van der Waals surface area contributed by atoms with Crippen LogP contribution in [0.1, 0.15) is 36.2 Å². The maximum atomic E-state index is 12.3. The summed E-state index contributed by atoms with van der Waals surface area (Å²) in [5.41, 5.74) is 7.15. The van der Waals surface area contributed by atoms with Gasteiger partial charge in [-0.1, -0.05) is 32.0 Å². The summed E-state index contributed by atoms with van der Waals surface area (Å²) in [6.45, 7) is 4.12. The third-order valence-corrected chi connectivity index (χ3v) is 4.57. The topological polar surface area (TPSA) is 91.8 Å². The fourth-order valence-electron chi connectivity index (χ4n) is 1.86. The van der Waals surface area contributed by atoms with Gasteiger partial charge >= 0.3 is 0 Å². The van der Waals surface area contributed by atoms with E-state index in [2.05, 4.69) is 30.2 Å². The van der Waals surface area contributed by atoms with Gasteiger partial charge in [0.25, 0.3) is 5.91 Å². The van der Waals surface area contributed by atoms with Gasteiger partial charge in [0.1, 0.15) is 16.9 Å². The molecule has 2 rings (SSSR count). The number of nitrogens with one attached hydrogen (secondary N) is 1. The van der Waals surface area contributed by atoms with Crippen molar-refractivity contribution in [2.45, 2.75) is 30.5 Å². The summed E-state index contributed by atoms with van der Waals surface area (Å²) in [4.78, 5) is 16.6. The summed E-state index contributed by atoms with van der Waals surface area (Å²) >= 11 is 1.49. The van der Waals surface area contributed by atoms with Gasteiger partial charge in [-0.25, -0.2) is 4.98 Å². The van der Waals surface area contributed by atoms with Gasteiger partial charge in [0, 0.05) is 10.9 Å². The number of amides is 1. The second-order valence-electron chi connectivity index (χ2n) is 5.04. The second-order valence-corrected chi connectivity index (χ2v) is 6.47. The highest BCUT2D eigenvalue weighted by molar-refractivity contribution is 7.99. The van der Waals surface area contributed by atoms with Crippen LogP contribution < -0.4 is 11.1 Å². The molecule has 3 N–H and O–H groups in total. The molecule has 0 saturated carbocycles. The quantitative estimate of drug-likeness (QED) is 0.818. The molecule has 0 fully saturated rings. The molecule has 0 aliphatic rings. The van der Waals surface area contributed by atoms with E-state index in [1.165, 1.54) is 17.8 Å². The predicted octanol–water partition coefficient (Wildman–Crippen LogP) is 3.68. The Morgan fingerprint density at radius 3 is 2.74 bits per heavy atom. The number of nitrogens with zero attached hydrogens (tertiary/aromatic N) is 2. The molecule has 0 spiro atoms. The first-order valence-electron chi connectivity index (χ1n) is 7.28. The minimum Gasteiger partial charge on any atom is -0.383 e. The maximum Gasteiger partial charge on any atom is 0.259 e. The maximum absolute atomic E-state index is 12.3. The molecule has 0 radical (unpaired) electrons. The number of anilines is 2. The van der Waals surface area contributed by atoms with Gasteiger partial charge in [0.15, 0.2) is 0 Å². The summed E-state index contributed by atoms with van der Waals surface area (Å²) in [7, 11) is 0. The number of hydrogen-bond acceptors (Lipinski definition) is 5. The summed E-state index contributed by atoms with van der Waals surface area (Å²) in [6.07, 6.45) is 0.952. The van der Waals surface area contributed by atoms with Crippen LogP contribution in [-0.4, -0.2) is 16.1 Å². The summed E-state index contributed by atoms with van der Waals surface area (Å²) in [6, 6.07) is 12.7. The lowest BCUT2D eigenvalue weighted by atomic mass is 10.2. The van der Waals surface area contributed by atoms with Crippen molar-refractivity contribution in [1.29, 1.82) is 5.26 Å². The highest BCUT2D eigenvalue weighted by Crippen LogP contribution is 2.29. The van der Waals surface area contributed by atoms with E-state index in [1.807, 2.05) is 18.2 Å². The molecule has 0 saturated heterocycles. The van der Waals surface area contributed by atoms with E-state index < -0.39 is 0 Å². The van der Waals surface area contributed by atoms with E-state index in [0.29, 0.717) is 21.5 Å². The zero-order valence-electron chi connectivity index (χ0n) is 13.0. The molecule has 0 bridgehead atoms. The van der Waals surface area contributed by atoms with Crippen LogP contribution in [0, 0.1) is 11.3 Å². The molecule has 1 aromatic heterocycles. The van der Waals surface area contributed by atoms with Crippen molar-refractivity contribution in [3.8, 4) is 6.07 Å². The van der Waals surface area contributed by atoms with Gasteiger partial charge in [-0.2, -0.15) is 5.26 Å². The van der Waals surface area contributed by atoms with Crippen molar-refractivity contribution >= 4 is 29.2 Å². The van der Waals surface area contributed by atoms with Crippen molar-refractivity contribution in [2.75, 3.05) is 11.1 Å². The number of nitrogen functional groups attached to an aromatic ring is 1. The van der Waals surface area contributed by atoms with Crippen LogP contribution in [0.2, 0.25) is 0 Å². The SMILES string of the molecule is CCC(C)Sc1nc(N)c(C(=O)Nc2ccccc2)cc1C#N. The molecule has 5 nitrogen and oxygen atoms in total. The smallest absolute Gasteiger partial charge is 0.259 e. The number of hydrogen-bond donors (Lipinski definition) is 2. The molecule has 1 unspecified atom stereocenters. The summed E-state index contributed by atoms with van der Waals surface area (Å²) in [5, 5.41) is 12.9. The Morgan fingerprint density at radius 2 is 2.13 bits per heavy atom. The zero-order valence-corrected chi connectivity index (χ0v) is 13.9. The third kappa shape index (κ3) is 4.24. The van der Waals surface area contributed by atoms with Crippen molar-refractivity contribution < 1.29 is 4.79 Å². The molecule has 1 atom stereocenters. The monoisotopic (exact) mass is 326 g/mol. The fourth-order valence-corrected chi connectivity index (χ4v) is 2.79. The van der Waals surface area contributed by atoms with E-state index in [-0.39, 0.29) is 17.3 Å². The van der Waals surface area contributed by atoms with Gasteiger partial charge in [0.05, 0.1) is 11.1 Å². The normalized spacial score (nSPS) is 11.5. The Balaban J connectivity index is 2.29. The van der Waals surface area contributed by atoms with Crippen LogP contribution in [0.3, 0.4) is 0 Å². The van der Waals surface area contributed by atoms with Crippen molar-refractivity contribution in [2.24, 2.45) is 0 Å². The van der Waals surface area contributed by atoms with Crippen LogP contribution >= 0.6 is 11.8 Å². The van der Waals surface area contributed by atoms with E-state index in [4.69, 9.17) is 5.73 Å². The molecule has 6 heteroatoms. The molecule has 2 aromatic rings. The number of pyridine rings is 1. The second kappa shape index (κ2) is 7.65. The molecule has 1 amide bonds. The highest BCUT2D eigenvalue weighted by Gasteiger charge is 2.17. The Bertz CT molecular complexity index is 740. The average molecular weight is 326 g/mol. The van der Waals surface area contributed by atoms with Crippen LogP contribution in [0.5, 0.6) is 0 Å². The minimum atomic E-state index is -0.377. The first-order valence-corrected chi connectivity index (χ1v) is 8.16. The number of carbonyl (C=O) groups is 1. The van der Waals surface area contributed by atoms with E-state index in [9.17, 15) is 10.1 Å². The molecule has 1 aromatic carbocycles. The van der Waals surface area contributed by atoms with E-state index in [0.717, 1.165) is 6.42 Å². The van der Waals surface area contributed by atoms with Crippen molar-refractivity contribution in [3.05, 3.63) is 47.5 Å². The van der Waals surface area contributed by atoms with Crippen LogP contribution in [0.15, 0.2) is 41.4 Å². The molecule has 23 heavy (non-hydrogen) atoms. The minimum absolute atomic E-state index is 0.128. The van der Waals surface area contributed by atoms with Crippen LogP contribution in [0.4, 0.5) is 11.5 Å². The Hall–Kier alpha value is -2.52. The van der Waals surface area contributed by atoms with E-state index in [1.54, 1.807) is 12.1 Å². The van der Waals surface area contributed by atoms with Crippen LogP contribution in [-0.2, 0) is 0 Å². The summed E-state index contributed by atoms with van der Waals surface area (Å²) in [5.74, 6) is -0.249. The Morgan fingerprint density at radius 1 is 1.43 bits per heavy atom. The Kier molecular flexibility index (Phi) is 5.61. The lowest BCUT2D eigenvalue weighted by Crippen LogP contribution is -2.16. The average Bonchev–Trinajstić information content (AvgIpc) is 2.55. The summed E-state index contributed by atoms with van der Waals surface area (Å²) < 4.78 is 0. The van der Waals surface area contributed by atoms with Gasteiger partial charge in [0.2, 0.25) is 0 Å². The third-order valence-electron chi connectivity index (χ3n) is 3.30. The highest BCUT2D eigenvalue weighted by atomic mass is 32.2. The number of carbonyl (C=O) groups excluding carboxylic acids is 1. The fraction of sp³-hybridized carbons (Fsp3) is 0.235. The van der Waals surface area contributed by atoms with Crippen LogP contribution in [0.25, 0.3) is 0 Å². The standard InChI is InChI=1S/C17H18N4OS/c1-3-11(2)23-17-12(10-18)9-14(15(19)21-17)16(22)20-13-7-5-4-6-8-13/h4-9,11H,3H2,1-2H3,(H2,19,21)(H,20,22). The largest absolute Gasteiger partial charge is 0.383 e. The number of thioether (sulfide) groups is 1. The number of benzene rings is 1. The van der Waals surface area contributed by atoms with Gasteiger partial charge in [-0.3, -0.25) is 4.79 Å². The number of aromatic nitrogens is 1. The first-order chi connectivity index (χ1) is 11.0. The molecule has 1 heterocycles. The Labute approximate surface area is 139 Å². The van der Waals surface area contributed by atoms with Crippen molar-refractivity contribution in [3.63, 3.8) is 0 Å². The molecular formula is C17H18N4OS. The van der Waals surface area contributed by atoms with Crippen molar-refractivity contribution in [1.82, 2.24) is 4.98 Å². The van der Waals surface area contributed by atoms with Gasteiger partial charge in [-0.05, 0) is 24.6 Å². The van der Waals surface area contributed by atoms with E-state index >= 15 is 0 Å². The molecule has 118 valence electrons. The number of nitrogens with two attached hydrogens (primary N) is 1. The number of rotatable bonds is 5. The molecule has 0 aliphatic carbocycles. The zero-order chi connectivity index (χ0) is 16.8. The molecule has 0 aliphatic heterocycles. The number of nitriles is 1. The lowest BCUT2D eigenvalue weighted by Gasteiger charge is -2.12. The predicted molar refractivity (Wildman–Crippen MR) is 93.4 cm³/mol. The number of para-hydroxylation sites is 1.